The molecule has 0 aliphatic heterocycles. The van der Waals surface area contributed by atoms with Crippen LogP contribution in [0.3, 0.4) is 0 Å². The number of halogens is 1. The number of nitrogens with zero attached hydrogens (tertiary/aromatic N) is 1. The summed E-state index contributed by atoms with van der Waals surface area (Å²) in [5.74, 6) is -2.10. The van der Waals surface area contributed by atoms with Gasteiger partial charge in [-0.1, -0.05) is 34.2 Å². The SMILES string of the molecule is O=C(O)C1([N+](=O)[O-])C=CC=CC1CBr. The van der Waals surface area contributed by atoms with E-state index in [-0.39, 0.29) is 5.33 Å². The number of carboxylic acid groups (broad SMARTS) is 1. The summed E-state index contributed by atoms with van der Waals surface area (Å²) in [4.78, 5) is 21.0. The molecule has 2 atom stereocenters. The van der Waals surface area contributed by atoms with Crippen LogP contribution in [0, 0.1) is 16.0 Å². The number of hydrogen-bond donors (Lipinski definition) is 1. The Balaban J connectivity index is 3.20. The second-order valence-corrected chi connectivity index (χ2v) is 3.54. The minimum atomic E-state index is -2.03. The van der Waals surface area contributed by atoms with Gasteiger partial charge in [0.2, 0.25) is 0 Å². The molecule has 0 aromatic heterocycles. The van der Waals surface area contributed by atoms with Crippen LogP contribution in [-0.4, -0.2) is 26.9 Å². The van der Waals surface area contributed by atoms with E-state index in [1.807, 2.05) is 0 Å². The van der Waals surface area contributed by atoms with Gasteiger partial charge in [0.25, 0.3) is 0 Å². The van der Waals surface area contributed by atoms with Gasteiger partial charge in [-0.15, -0.1) is 0 Å². The Labute approximate surface area is 88.4 Å². The summed E-state index contributed by atoms with van der Waals surface area (Å²) < 4.78 is 0. The van der Waals surface area contributed by atoms with Crippen molar-refractivity contribution in [1.29, 1.82) is 0 Å². The van der Waals surface area contributed by atoms with Crippen LogP contribution < -0.4 is 0 Å². The zero-order valence-electron chi connectivity index (χ0n) is 7.09. The number of nitro groups is 1. The number of aliphatic carboxylic acids is 1. The van der Waals surface area contributed by atoms with Crippen LogP contribution in [0.1, 0.15) is 0 Å². The highest BCUT2D eigenvalue weighted by molar-refractivity contribution is 9.09. The second-order valence-electron chi connectivity index (χ2n) is 2.89. The number of rotatable bonds is 3. The van der Waals surface area contributed by atoms with Gasteiger partial charge < -0.3 is 5.11 Å². The van der Waals surface area contributed by atoms with Crippen LogP contribution in [0.15, 0.2) is 24.3 Å². The standard InChI is InChI=1S/C8H8BrNO4/c9-5-6-3-1-2-4-8(6,7(11)12)10(13)14/h1-4,6H,5H2,(H,11,12). The van der Waals surface area contributed by atoms with Gasteiger partial charge in [0, 0.05) is 16.3 Å². The molecule has 0 fully saturated rings. The lowest BCUT2D eigenvalue weighted by atomic mass is 9.82. The van der Waals surface area contributed by atoms with E-state index in [9.17, 15) is 14.9 Å². The maximum Gasteiger partial charge on any atom is 0.387 e. The van der Waals surface area contributed by atoms with E-state index in [0.717, 1.165) is 6.08 Å². The molecule has 1 rings (SSSR count). The fraction of sp³-hybridized carbons (Fsp3) is 0.375. The molecule has 76 valence electrons. The van der Waals surface area contributed by atoms with Gasteiger partial charge in [0.05, 0.1) is 5.92 Å². The van der Waals surface area contributed by atoms with E-state index >= 15 is 0 Å². The molecule has 0 spiro atoms. The molecule has 1 N–H and O–H groups in total. The summed E-state index contributed by atoms with van der Waals surface area (Å²) in [6, 6.07) is 0. The van der Waals surface area contributed by atoms with Crippen molar-refractivity contribution in [3.8, 4) is 0 Å². The molecule has 14 heavy (non-hydrogen) atoms. The summed E-state index contributed by atoms with van der Waals surface area (Å²) >= 11 is 3.07. The predicted octanol–water partition coefficient (Wildman–Crippen LogP) is 1.22. The average molecular weight is 262 g/mol. The molecule has 0 saturated heterocycles. The molecule has 0 saturated carbocycles. The molecule has 5 nitrogen and oxygen atoms in total. The van der Waals surface area contributed by atoms with Crippen molar-refractivity contribution in [3.63, 3.8) is 0 Å². The van der Waals surface area contributed by atoms with E-state index in [1.165, 1.54) is 12.2 Å². The third kappa shape index (κ3) is 1.45. The lowest BCUT2D eigenvalue weighted by Gasteiger charge is -2.24. The van der Waals surface area contributed by atoms with Crippen molar-refractivity contribution in [2.24, 2.45) is 5.92 Å². The second kappa shape index (κ2) is 3.91. The first-order chi connectivity index (χ1) is 6.55. The van der Waals surface area contributed by atoms with Crippen LogP contribution in [0.4, 0.5) is 0 Å². The number of allylic oxidation sites excluding steroid dienone is 2. The minimum absolute atomic E-state index is 0.237. The van der Waals surface area contributed by atoms with Gasteiger partial charge in [0.1, 0.15) is 0 Å². The molecule has 0 bridgehead atoms. The Morgan fingerprint density at radius 2 is 2.29 bits per heavy atom. The van der Waals surface area contributed by atoms with Crippen molar-refractivity contribution in [2.75, 3.05) is 5.33 Å². The normalized spacial score (nSPS) is 30.2. The Morgan fingerprint density at radius 3 is 2.64 bits per heavy atom. The monoisotopic (exact) mass is 261 g/mol. The van der Waals surface area contributed by atoms with Crippen LogP contribution in [0.2, 0.25) is 0 Å². The first kappa shape index (κ1) is 10.9. The number of carboxylic acids is 1. The molecular formula is C8H8BrNO4. The fourth-order valence-corrected chi connectivity index (χ4v) is 2.05. The van der Waals surface area contributed by atoms with Crippen LogP contribution >= 0.6 is 15.9 Å². The molecule has 1 aliphatic carbocycles. The third-order valence-corrected chi connectivity index (χ3v) is 2.88. The molecule has 0 radical (unpaired) electrons. The van der Waals surface area contributed by atoms with Gasteiger partial charge in [-0.2, -0.15) is 0 Å². The maximum atomic E-state index is 10.9. The van der Waals surface area contributed by atoms with E-state index in [1.54, 1.807) is 6.08 Å². The topological polar surface area (TPSA) is 80.4 Å². The highest BCUT2D eigenvalue weighted by atomic mass is 79.9. The summed E-state index contributed by atoms with van der Waals surface area (Å²) in [7, 11) is 0. The van der Waals surface area contributed by atoms with Crippen molar-refractivity contribution >= 4 is 21.9 Å². The molecule has 0 aromatic carbocycles. The molecule has 0 heterocycles. The number of hydrogen-bond acceptors (Lipinski definition) is 3. The summed E-state index contributed by atoms with van der Waals surface area (Å²) in [5, 5.41) is 20.0. The summed E-state index contributed by atoms with van der Waals surface area (Å²) in [6.07, 6.45) is 5.62. The lowest BCUT2D eigenvalue weighted by molar-refractivity contribution is -0.547. The first-order valence-corrected chi connectivity index (χ1v) is 4.97. The van der Waals surface area contributed by atoms with Gasteiger partial charge in [0.15, 0.2) is 0 Å². The number of alkyl halides is 1. The third-order valence-electron chi connectivity index (χ3n) is 2.18. The molecule has 2 unspecified atom stereocenters. The number of carbonyl (C=O) groups is 1. The van der Waals surface area contributed by atoms with E-state index < -0.39 is 22.3 Å². The maximum absolute atomic E-state index is 10.9. The molecule has 0 aromatic rings. The van der Waals surface area contributed by atoms with Gasteiger partial charge >= 0.3 is 11.5 Å². The fourth-order valence-electron chi connectivity index (χ4n) is 1.34. The Kier molecular flexibility index (Phi) is 3.05. The minimum Gasteiger partial charge on any atom is -0.476 e. The van der Waals surface area contributed by atoms with Crippen LogP contribution in [0.5, 0.6) is 0 Å². The van der Waals surface area contributed by atoms with E-state index in [2.05, 4.69) is 15.9 Å². The van der Waals surface area contributed by atoms with Gasteiger partial charge in [-0.05, 0) is 0 Å². The summed E-state index contributed by atoms with van der Waals surface area (Å²) in [6.45, 7) is 0. The van der Waals surface area contributed by atoms with Crippen molar-refractivity contribution < 1.29 is 14.8 Å². The van der Waals surface area contributed by atoms with Gasteiger partial charge in [-0.3, -0.25) is 10.1 Å². The zero-order valence-corrected chi connectivity index (χ0v) is 8.68. The Morgan fingerprint density at radius 1 is 1.64 bits per heavy atom. The Bertz CT molecular complexity index is 309. The van der Waals surface area contributed by atoms with Crippen LogP contribution in [-0.2, 0) is 4.79 Å². The quantitative estimate of drug-likeness (QED) is 0.471. The largest absolute Gasteiger partial charge is 0.476 e. The summed E-state index contributed by atoms with van der Waals surface area (Å²) in [5.41, 5.74) is -2.03. The van der Waals surface area contributed by atoms with E-state index in [4.69, 9.17) is 5.11 Å². The molecule has 6 heteroatoms. The smallest absolute Gasteiger partial charge is 0.387 e. The van der Waals surface area contributed by atoms with Gasteiger partial charge in [-0.25, -0.2) is 4.79 Å². The average Bonchev–Trinajstić information content (AvgIpc) is 2.16. The molecular weight excluding hydrogens is 254 g/mol. The molecule has 1 aliphatic rings. The van der Waals surface area contributed by atoms with Crippen molar-refractivity contribution in [2.45, 2.75) is 5.54 Å². The first-order valence-electron chi connectivity index (χ1n) is 3.85. The van der Waals surface area contributed by atoms with Crippen molar-refractivity contribution in [3.05, 3.63) is 34.4 Å². The van der Waals surface area contributed by atoms with E-state index in [0.29, 0.717) is 0 Å². The molecule has 0 amide bonds. The highest BCUT2D eigenvalue weighted by Gasteiger charge is 2.55. The predicted molar refractivity (Wildman–Crippen MR) is 52.9 cm³/mol. The van der Waals surface area contributed by atoms with Crippen LogP contribution in [0.25, 0.3) is 0 Å². The van der Waals surface area contributed by atoms with Crippen molar-refractivity contribution in [1.82, 2.24) is 0 Å². The highest BCUT2D eigenvalue weighted by Crippen LogP contribution is 2.29. The lowest BCUT2D eigenvalue weighted by Crippen LogP contribution is -2.51. The zero-order chi connectivity index (χ0) is 10.8. The Hall–Kier alpha value is -1.17.